The van der Waals surface area contributed by atoms with Crippen molar-refractivity contribution in [1.82, 2.24) is 0 Å². The van der Waals surface area contributed by atoms with Crippen molar-refractivity contribution in [1.29, 1.82) is 0 Å². The minimum absolute atomic E-state index is 0.832. The smallest absolute Gasteiger partial charge is 0.142 e. The molecule has 0 aromatic carbocycles. The quantitative estimate of drug-likeness (QED) is 0.192. The first-order chi connectivity index (χ1) is 9.41. The van der Waals surface area contributed by atoms with E-state index in [1.807, 2.05) is 6.08 Å². The highest BCUT2D eigenvalue weighted by Crippen LogP contribution is 2.12. The molecule has 1 heteroatoms. The zero-order chi connectivity index (χ0) is 14.0. The molecule has 0 atom stereocenters. The summed E-state index contributed by atoms with van der Waals surface area (Å²) in [5.41, 5.74) is 0. The van der Waals surface area contributed by atoms with Gasteiger partial charge in [-0.15, -0.1) is 0 Å². The van der Waals surface area contributed by atoms with Gasteiger partial charge < -0.3 is 0 Å². The van der Waals surface area contributed by atoms with E-state index in [9.17, 15) is 5.11 Å². The van der Waals surface area contributed by atoms with Gasteiger partial charge in [-0.3, -0.25) is 5.11 Å². The SMILES string of the molecule is CCCCCCCCCCCCCC/C=C/C=C/[O]. The van der Waals surface area contributed by atoms with Crippen molar-refractivity contribution in [3.63, 3.8) is 0 Å². The molecule has 0 saturated carbocycles. The molecule has 0 fully saturated rings. The van der Waals surface area contributed by atoms with Gasteiger partial charge in [-0.2, -0.15) is 0 Å². The Bertz CT molecular complexity index is 206. The first-order valence-corrected chi connectivity index (χ1v) is 8.35. The lowest BCUT2D eigenvalue weighted by Crippen LogP contribution is -1.82. The summed E-state index contributed by atoms with van der Waals surface area (Å²) in [4.78, 5) is 0. The van der Waals surface area contributed by atoms with Crippen LogP contribution in [0.2, 0.25) is 0 Å². The maximum absolute atomic E-state index is 10.0. The minimum Gasteiger partial charge on any atom is -0.299 e. The predicted molar refractivity (Wildman–Crippen MR) is 84.7 cm³/mol. The fourth-order valence-electron chi connectivity index (χ4n) is 2.32. The summed E-state index contributed by atoms with van der Waals surface area (Å²) in [6.45, 7) is 2.27. The summed E-state index contributed by atoms with van der Waals surface area (Å²) in [6, 6.07) is 0. The molecule has 0 aliphatic rings. The van der Waals surface area contributed by atoms with Gasteiger partial charge in [0, 0.05) is 0 Å². The molecular weight excluding hydrogens is 232 g/mol. The van der Waals surface area contributed by atoms with Gasteiger partial charge in [0.2, 0.25) is 0 Å². The zero-order valence-electron chi connectivity index (χ0n) is 12.9. The second kappa shape index (κ2) is 17.3. The third kappa shape index (κ3) is 17.3. The van der Waals surface area contributed by atoms with Gasteiger partial charge >= 0.3 is 0 Å². The van der Waals surface area contributed by atoms with Crippen LogP contribution in [0.5, 0.6) is 0 Å². The van der Waals surface area contributed by atoms with Gasteiger partial charge in [0.15, 0.2) is 0 Å². The molecule has 0 aromatic rings. The number of hydrogen-bond donors (Lipinski definition) is 0. The van der Waals surface area contributed by atoms with E-state index in [1.165, 1.54) is 77.0 Å². The predicted octanol–water partition coefficient (Wildman–Crippen LogP) is 6.58. The second-order valence-corrected chi connectivity index (χ2v) is 5.43. The van der Waals surface area contributed by atoms with Crippen LogP contribution < -0.4 is 0 Å². The molecule has 19 heavy (non-hydrogen) atoms. The molecule has 0 heterocycles. The number of unbranched alkanes of at least 4 members (excludes halogenated alkanes) is 12. The van der Waals surface area contributed by atoms with Crippen molar-refractivity contribution < 1.29 is 5.11 Å². The van der Waals surface area contributed by atoms with Crippen LogP contribution in [0.1, 0.15) is 90.4 Å². The fraction of sp³-hybridized carbons (Fsp3) is 0.778. The first-order valence-electron chi connectivity index (χ1n) is 8.35. The lowest BCUT2D eigenvalue weighted by Gasteiger charge is -2.02. The highest BCUT2D eigenvalue weighted by atomic mass is 16.2. The molecule has 0 saturated heterocycles. The van der Waals surface area contributed by atoms with Gasteiger partial charge in [-0.05, 0) is 18.9 Å². The summed E-state index contributed by atoms with van der Waals surface area (Å²) in [6.07, 6.45) is 24.2. The summed E-state index contributed by atoms with van der Waals surface area (Å²) in [7, 11) is 0. The highest BCUT2D eigenvalue weighted by Gasteiger charge is 1.92. The van der Waals surface area contributed by atoms with Crippen molar-refractivity contribution >= 4 is 0 Å². The van der Waals surface area contributed by atoms with Crippen molar-refractivity contribution in [2.45, 2.75) is 90.4 Å². The first kappa shape index (κ1) is 18.3. The molecule has 0 aliphatic carbocycles. The molecular formula is C18H33O. The number of rotatable bonds is 14. The van der Waals surface area contributed by atoms with Gasteiger partial charge in [-0.1, -0.05) is 89.7 Å². The van der Waals surface area contributed by atoms with Gasteiger partial charge in [-0.25, -0.2) is 0 Å². The van der Waals surface area contributed by atoms with Crippen LogP contribution in [0.4, 0.5) is 0 Å². The fourth-order valence-corrected chi connectivity index (χ4v) is 2.32. The number of hydrogen-bond acceptors (Lipinski definition) is 0. The van der Waals surface area contributed by atoms with Crippen LogP contribution in [0.15, 0.2) is 24.5 Å². The van der Waals surface area contributed by atoms with Crippen molar-refractivity contribution in [2.24, 2.45) is 0 Å². The molecule has 0 unspecified atom stereocenters. The summed E-state index contributed by atoms with van der Waals surface area (Å²) >= 11 is 0. The van der Waals surface area contributed by atoms with E-state index in [4.69, 9.17) is 0 Å². The summed E-state index contributed by atoms with van der Waals surface area (Å²) in [5.74, 6) is 0. The van der Waals surface area contributed by atoms with E-state index in [1.54, 1.807) is 6.08 Å². The molecule has 0 aromatic heterocycles. The van der Waals surface area contributed by atoms with Crippen LogP contribution in [-0.2, 0) is 5.11 Å². The Hall–Kier alpha value is -0.720. The molecule has 0 bridgehead atoms. The molecule has 0 N–H and O–H groups in total. The number of allylic oxidation sites excluding steroid dienone is 3. The van der Waals surface area contributed by atoms with Crippen LogP contribution in [0.3, 0.4) is 0 Å². The van der Waals surface area contributed by atoms with Gasteiger partial charge in [0.1, 0.15) is 6.26 Å². The summed E-state index contributed by atoms with van der Waals surface area (Å²) in [5, 5.41) is 10.0. The van der Waals surface area contributed by atoms with Crippen LogP contribution in [0.25, 0.3) is 0 Å². The molecule has 0 amide bonds. The Morgan fingerprint density at radius 3 is 1.58 bits per heavy atom. The monoisotopic (exact) mass is 265 g/mol. The minimum atomic E-state index is 0.832. The maximum Gasteiger partial charge on any atom is 0.142 e. The Morgan fingerprint density at radius 1 is 0.632 bits per heavy atom. The second-order valence-electron chi connectivity index (χ2n) is 5.43. The standard InChI is InChI=1S/C18H33O/c1-2-3-4-5-6-7-8-9-10-11-12-13-14-15-16-17-18-19/h15-18H,2-14H2,1H3/b16-15+,18-17+. The third-order valence-corrected chi connectivity index (χ3v) is 3.55. The zero-order valence-corrected chi connectivity index (χ0v) is 12.9. The Balaban J connectivity index is 2.99. The van der Waals surface area contributed by atoms with Crippen LogP contribution in [-0.4, -0.2) is 0 Å². The largest absolute Gasteiger partial charge is 0.299 e. The molecule has 0 aliphatic heterocycles. The van der Waals surface area contributed by atoms with Crippen molar-refractivity contribution in [2.75, 3.05) is 0 Å². The van der Waals surface area contributed by atoms with Crippen LogP contribution in [0, 0.1) is 0 Å². The Labute approximate surface area is 120 Å². The van der Waals surface area contributed by atoms with Crippen molar-refractivity contribution in [3.05, 3.63) is 24.5 Å². The van der Waals surface area contributed by atoms with Crippen molar-refractivity contribution in [3.8, 4) is 0 Å². The Morgan fingerprint density at radius 2 is 1.11 bits per heavy atom. The molecule has 0 rings (SSSR count). The average Bonchev–Trinajstić information content (AvgIpc) is 2.43. The average molecular weight is 265 g/mol. The lowest BCUT2D eigenvalue weighted by molar-refractivity contribution is 0.352. The molecule has 111 valence electrons. The summed E-state index contributed by atoms with van der Waals surface area (Å²) < 4.78 is 0. The van der Waals surface area contributed by atoms with E-state index >= 15 is 0 Å². The van der Waals surface area contributed by atoms with Crippen LogP contribution >= 0.6 is 0 Å². The molecule has 1 nitrogen and oxygen atoms in total. The maximum atomic E-state index is 10.0. The Kier molecular flexibility index (Phi) is 16.6. The van der Waals surface area contributed by atoms with E-state index in [-0.39, 0.29) is 0 Å². The molecule has 0 spiro atoms. The van der Waals surface area contributed by atoms with Gasteiger partial charge in [0.25, 0.3) is 0 Å². The lowest BCUT2D eigenvalue weighted by atomic mass is 10.0. The van der Waals surface area contributed by atoms with Gasteiger partial charge in [0.05, 0.1) is 0 Å². The van der Waals surface area contributed by atoms with E-state index in [2.05, 4.69) is 13.0 Å². The van der Waals surface area contributed by atoms with E-state index in [0.29, 0.717) is 0 Å². The highest BCUT2D eigenvalue weighted by molar-refractivity contribution is 4.98. The van der Waals surface area contributed by atoms with E-state index in [0.717, 1.165) is 12.7 Å². The topological polar surface area (TPSA) is 19.9 Å². The third-order valence-electron chi connectivity index (χ3n) is 3.55. The van der Waals surface area contributed by atoms with E-state index < -0.39 is 0 Å². The normalized spacial score (nSPS) is 11.8. The molecule has 1 radical (unpaired) electrons.